The Balaban J connectivity index is 1.79. The number of nitrogens with zero attached hydrogens (tertiary/aromatic N) is 1. The summed E-state index contributed by atoms with van der Waals surface area (Å²) < 4.78 is 52.8. The number of rotatable bonds is 6. The molecule has 1 aromatic heterocycles. The fraction of sp³-hybridized carbons (Fsp3) is 0. The second-order valence-electron chi connectivity index (χ2n) is 5.96. The molecular weight excluding hydrogens is 430 g/mol. The first-order chi connectivity index (χ1) is 14.2. The molecule has 0 radical (unpaired) electrons. The summed E-state index contributed by atoms with van der Waals surface area (Å²) >= 11 is 0. The third-order valence-corrected chi connectivity index (χ3v) is 6.52. The molecule has 0 spiro atoms. The lowest BCUT2D eigenvalue weighted by Crippen LogP contribution is -2.32. The largest absolute Gasteiger partial charge is 0.268 e. The molecule has 9 nitrogen and oxygen atoms in total. The van der Waals surface area contributed by atoms with Crippen LogP contribution in [-0.2, 0) is 20.0 Å². The number of amides is 2. The Labute approximate surface area is 172 Å². The van der Waals surface area contributed by atoms with Crippen molar-refractivity contribution in [1.82, 2.24) is 14.4 Å². The summed E-state index contributed by atoms with van der Waals surface area (Å²) in [4.78, 5) is 28.2. The summed E-state index contributed by atoms with van der Waals surface area (Å²) in [5.41, 5.74) is -0.474. The van der Waals surface area contributed by atoms with E-state index in [1.54, 1.807) is 12.1 Å². The second-order valence-corrected chi connectivity index (χ2v) is 9.32. The number of hydrogen-bond donors (Lipinski definition) is 2. The Kier molecular flexibility index (Phi) is 5.94. The average molecular weight is 445 g/mol. The molecule has 0 bridgehead atoms. The number of aromatic nitrogens is 1. The monoisotopic (exact) mass is 445 g/mol. The second kappa shape index (κ2) is 8.43. The zero-order valence-corrected chi connectivity index (χ0v) is 16.9. The molecule has 2 aromatic carbocycles. The third-order valence-electron chi connectivity index (χ3n) is 3.82. The van der Waals surface area contributed by atoms with E-state index < -0.39 is 31.9 Å². The topological polar surface area (TPSA) is 139 Å². The van der Waals surface area contributed by atoms with Crippen molar-refractivity contribution < 1.29 is 26.4 Å². The van der Waals surface area contributed by atoms with Crippen LogP contribution in [0.4, 0.5) is 0 Å². The number of pyridine rings is 1. The quantitative estimate of drug-likeness (QED) is 0.583. The van der Waals surface area contributed by atoms with Crippen molar-refractivity contribution in [2.75, 3.05) is 0 Å². The fourth-order valence-corrected chi connectivity index (χ4v) is 4.36. The minimum atomic E-state index is -4.13. The average Bonchev–Trinajstić information content (AvgIpc) is 2.74. The molecular formula is C19H15N3O6S2. The van der Waals surface area contributed by atoms with Crippen LogP contribution in [0.25, 0.3) is 0 Å². The molecule has 0 aliphatic carbocycles. The van der Waals surface area contributed by atoms with Crippen LogP contribution in [0.1, 0.15) is 20.7 Å². The van der Waals surface area contributed by atoms with Gasteiger partial charge in [0.2, 0.25) is 0 Å². The van der Waals surface area contributed by atoms with Gasteiger partial charge in [0, 0.05) is 12.4 Å². The highest BCUT2D eigenvalue weighted by Gasteiger charge is 2.22. The molecule has 0 aliphatic heterocycles. The molecule has 0 unspecified atom stereocenters. The van der Waals surface area contributed by atoms with Crippen molar-refractivity contribution in [3.8, 4) is 0 Å². The SMILES string of the molecule is O=C(NS(=O)(=O)c1ccccc1)c1cncc(C(=O)NS(=O)(=O)c2ccccc2)c1. The van der Waals surface area contributed by atoms with Gasteiger partial charge in [0.25, 0.3) is 31.9 Å². The van der Waals surface area contributed by atoms with Gasteiger partial charge in [-0.2, -0.15) is 0 Å². The molecule has 0 saturated carbocycles. The molecule has 0 aliphatic rings. The Morgan fingerprint density at radius 2 is 1.00 bits per heavy atom. The normalized spacial score (nSPS) is 11.5. The smallest absolute Gasteiger partial charge is 0.266 e. The van der Waals surface area contributed by atoms with Gasteiger partial charge in [-0.15, -0.1) is 0 Å². The van der Waals surface area contributed by atoms with E-state index in [4.69, 9.17) is 0 Å². The number of benzene rings is 2. The van der Waals surface area contributed by atoms with Crippen LogP contribution in [0.3, 0.4) is 0 Å². The van der Waals surface area contributed by atoms with Gasteiger partial charge in [-0.05, 0) is 30.3 Å². The molecule has 30 heavy (non-hydrogen) atoms. The van der Waals surface area contributed by atoms with E-state index in [0.717, 1.165) is 18.5 Å². The highest BCUT2D eigenvalue weighted by atomic mass is 32.2. The molecule has 2 N–H and O–H groups in total. The van der Waals surface area contributed by atoms with Crippen molar-refractivity contribution >= 4 is 31.9 Å². The zero-order valence-electron chi connectivity index (χ0n) is 15.2. The van der Waals surface area contributed by atoms with E-state index in [1.165, 1.54) is 48.5 Å². The molecule has 3 aromatic rings. The van der Waals surface area contributed by atoms with Crippen molar-refractivity contribution in [3.63, 3.8) is 0 Å². The maximum atomic E-state index is 12.3. The Bertz CT molecular complexity index is 1190. The van der Waals surface area contributed by atoms with Crippen LogP contribution in [-0.4, -0.2) is 33.6 Å². The lowest BCUT2D eigenvalue weighted by molar-refractivity contribution is 0.0979. The van der Waals surface area contributed by atoms with Crippen LogP contribution in [0, 0.1) is 0 Å². The van der Waals surface area contributed by atoms with E-state index in [1.807, 2.05) is 9.44 Å². The predicted molar refractivity (Wildman–Crippen MR) is 106 cm³/mol. The first-order valence-corrected chi connectivity index (χ1v) is 11.4. The van der Waals surface area contributed by atoms with Crippen molar-refractivity contribution in [1.29, 1.82) is 0 Å². The van der Waals surface area contributed by atoms with Crippen LogP contribution >= 0.6 is 0 Å². The molecule has 1 heterocycles. The molecule has 0 fully saturated rings. The maximum absolute atomic E-state index is 12.3. The zero-order chi connectivity index (χ0) is 21.8. The molecule has 2 amide bonds. The summed E-state index contributed by atoms with van der Waals surface area (Å²) in [5, 5.41) is 0. The first-order valence-electron chi connectivity index (χ1n) is 8.38. The van der Waals surface area contributed by atoms with Gasteiger partial charge in [-0.3, -0.25) is 14.6 Å². The number of carbonyl (C=O) groups is 2. The first kappa shape index (κ1) is 21.1. The van der Waals surface area contributed by atoms with Gasteiger partial charge in [-0.25, -0.2) is 26.3 Å². The van der Waals surface area contributed by atoms with E-state index in [0.29, 0.717) is 0 Å². The molecule has 3 rings (SSSR count). The molecule has 0 saturated heterocycles. The maximum Gasteiger partial charge on any atom is 0.266 e. The van der Waals surface area contributed by atoms with Gasteiger partial charge in [0.1, 0.15) is 0 Å². The number of nitrogens with one attached hydrogen (secondary N) is 2. The summed E-state index contributed by atoms with van der Waals surface area (Å²) in [7, 11) is -8.26. The number of carbonyl (C=O) groups excluding carboxylic acids is 2. The van der Waals surface area contributed by atoms with Crippen LogP contribution in [0.2, 0.25) is 0 Å². The van der Waals surface area contributed by atoms with Crippen molar-refractivity contribution in [2.24, 2.45) is 0 Å². The summed E-state index contributed by atoms with van der Waals surface area (Å²) in [6.45, 7) is 0. The standard InChI is InChI=1S/C19H15N3O6S2/c23-18(21-29(25,26)16-7-3-1-4-8-16)14-11-15(13-20-12-14)19(24)22-30(27,28)17-9-5-2-6-10-17/h1-13H,(H,21,23)(H,22,24). The van der Waals surface area contributed by atoms with Gasteiger partial charge in [0.15, 0.2) is 0 Å². The minimum Gasteiger partial charge on any atom is -0.268 e. The number of sulfonamides is 2. The Hall–Kier alpha value is -3.57. The minimum absolute atomic E-state index is 0.117. The van der Waals surface area contributed by atoms with E-state index in [2.05, 4.69) is 4.98 Å². The van der Waals surface area contributed by atoms with Crippen molar-refractivity contribution in [2.45, 2.75) is 9.79 Å². The number of hydrogen-bond acceptors (Lipinski definition) is 7. The van der Waals surface area contributed by atoms with Crippen LogP contribution in [0.5, 0.6) is 0 Å². The van der Waals surface area contributed by atoms with E-state index >= 15 is 0 Å². The third kappa shape index (κ3) is 4.88. The Morgan fingerprint density at radius 3 is 1.37 bits per heavy atom. The van der Waals surface area contributed by atoms with Crippen LogP contribution in [0.15, 0.2) is 88.9 Å². The predicted octanol–water partition coefficient (Wildman–Crippen LogP) is 1.32. The highest BCUT2D eigenvalue weighted by molar-refractivity contribution is 7.90. The highest BCUT2D eigenvalue weighted by Crippen LogP contribution is 2.11. The lowest BCUT2D eigenvalue weighted by Gasteiger charge is -2.09. The van der Waals surface area contributed by atoms with Gasteiger partial charge in [0.05, 0.1) is 20.9 Å². The molecule has 0 atom stereocenters. The summed E-state index contributed by atoms with van der Waals surface area (Å²) in [6.07, 6.45) is 2.11. The van der Waals surface area contributed by atoms with Gasteiger partial charge >= 0.3 is 0 Å². The van der Waals surface area contributed by atoms with E-state index in [-0.39, 0.29) is 20.9 Å². The van der Waals surface area contributed by atoms with Gasteiger partial charge < -0.3 is 0 Å². The van der Waals surface area contributed by atoms with Crippen LogP contribution < -0.4 is 9.44 Å². The summed E-state index contributed by atoms with van der Waals surface area (Å²) in [6, 6.07) is 15.5. The molecule has 154 valence electrons. The summed E-state index contributed by atoms with van der Waals surface area (Å²) in [5.74, 6) is -2.04. The van der Waals surface area contributed by atoms with Crippen molar-refractivity contribution in [3.05, 3.63) is 90.3 Å². The van der Waals surface area contributed by atoms with Gasteiger partial charge in [-0.1, -0.05) is 36.4 Å². The van der Waals surface area contributed by atoms with E-state index in [9.17, 15) is 26.4 Å². The lowest BCUT2D eigenvalue weighted by atomic mass is 10.2. The fourth-order valence-electron chi connectivity index (χ4n) is 2.37. The Morgan fingerprint density at radius 1 is 0.633 bits per heavy atom. The molecule has 11 heteroatoms.